The topological polar surface area (TPSA) is 117 Å². The monoisotopic (exact) mass is 374 g/mol. The minimum absolute atomic E-state index is 0.114. The molecule has 7 nitrogen and oxygen atoms in total. The van der Waals surface area contributed by atoms with Crippen molar-refractivity contribution >= 4 is 12.0 Å². The van der Waals surface area contributed by atoms with Crippen LogP contribution in [0.5, 0.6) is 0 Å². The SMILES string of the molecule is N#Cc1cccc(-c2ccc([C@@H](C#N)CNC(=O)C3CCN3C(=O)O)cc2)c1. The lowest BCUT2D eigenvalue weighted by molar-refractivity contribution is -0.129. The van der Waals surface area contributed by atoms with Gasteiger partial charge in [0.1, 0.15) is 6.04 Å². The number of amides is 2. The summed E-state index contributed by atoms with van der Waals surface area (Å²) in [6.07, 6.45) is -0.620. The molecule has 1 heterocycles. The lowest BCUT2D eigenvalue weighted by Gasteiger charge is -2.37. The summed E-state index contributed by atoms with van der Waals surface area (Å²) < 4.78 is 0. The first kappa shape index (κ1) is 18.9. The molecule has 2 aromatic rings. The van der Waals surface area contributed by atoms with E-state index in [1.165, 1.54) is 0 Å². The van der Waals surface area contributed by atoms with Gasteiger partial charge in [-0.15, -0.1) is 0 Å². The zero-order chi connectivity index (χ0) is 20.1. The van der Waals surface area contributed by atoms with E-state index in [1.54, 1.807) is 12.1 Å². The highest BCUT2D eigenvalue weighted by Crippen LogP contribution is 2.24. The summed E-state index contributed by atoms with van der Waals surface area (Å²) in [6.45, 7) is 0.464. The van der Waals surface area contributed by atoms with Crippen LogP contribution in [0.25, 0.3) is 11.1 Å². The smallest absolute Gasteiger partial charge is 0.407 e. The van der Waals surface area contributed by atoms with Crippen LogP contribution in [0.3, 0.4) is 0 Å². The van der Waals surface area contributed by atoms with Crippen LogP contribution < -0.4 is 5.32 Å². The van der Waals surface area contributed by atoms with Crippen molar-refractivity contribution in [2.45, 2.75) is 18.4 Å². The number of rotatable bonds is 5. The van der Waals surface area contributed by atoms with Gasteiger partial charge in [-0.2, -0.15) is 10.5 Å². The van der Waals surface area contributed by atoms with Gasteiger partial charge in [-0.25, -0.2) is 4.79 Å². The molecule has 28 heavy (non-hydrogen) atoms. The number of hydrogen-bond acceptors (Lipinski definition) is 4. The number of carboxylic acid groups (broad SMARTS) is 1. The fourth-order valence-electron chi connectivity index (χ4n) is 3.12. The highest BCUT2D eigenvalue weighted by Gasteiger charge is 2.37. The molecule has 1 unspecified atom stereocenters. The van der Waals surface area contributed by atoms with E-state index in [-0.39, 0.29) is 12.5 Å². The van der Waals surface area contributed by atoms with Gasteiger partial charge >= 0.3 is 6.09 Å². The minimum atomic E-state index is -1.11. The molecule has 7 heteroatoms. The highest BCUT2D eigenvalue weighted by atomic mass is 16.4. The molecule has 0 aliphatic carbocycles. The normalized spacial score (nSPS) is 16.2. The molecular formula is C21H18N4O3. The Balaban J connectivity index is 1.65. The second-order valence-electron chi connectivity index (χ2n) is 6.52. The quantitative estimate of drug-likeness (QED) is 0.834. The van der Waals surface area contributed by atoms with Crippen LogP contribution in [0, 0.1) is 22.7 Å². The molecule has 2 aromatic carbocycles. The molecule has 2 atom stereocenters. The lowest BCUT2D eigenvalue weighted by atomic mass is 9.96. The first-order valence-electron chi connectivity index (χ1n) is 8.81. The second kappa shape index (κ2) is 8.24. The molecule has 1 fully saturated rings. The van der Waals surface area contributed by atoms with Gasteiger partial charge in [-0.05, 0) is 35.2 Å². The first-order chi connectivity index (χ1) is 13.5. The predicted molar refractivity (Wildman–Crippen MR) is 101 cm³/mol. The average Bonchev–Trinajstić information content (AvgIpc) is 2.67. The van der Waals surface area contributed by atoms with E-state index < -0.39 is 18.1 Å². The van der Waals surface area contributed by atoms with Gasteiger partial charge in [0.15, 0.2) is 0 Å². The van der Waals surface area contributed by atoms with E-state index in [9.17, 15) is 14.9 Å². The zero-order valence-corrected chi connectivity index (χ0v) is 15.0. The summed E-state index contributed by atoms with van der Waals surface area (Å²) in [5, 5.41) is 30.1. The Morgan fingerprint density at radius 3 is 2.50 bits per heavy atom. The van der Waals surface area contributed by atoms with Gasteiger partial charge < -0.3 is 10.4 Å². The predicted octanol–water partition coefficient (Wildman–Crippen LogP) is 2.70. The van der Waals surface area contributed by atoms with Crippen molar-refractivity contribution in [3.05, 3.63) is 59.7 Å². The van der Waals surface area contributed by atoms with Crippen LogP contribution in [0.4, 0.5) is 4.79 Å². The summed E-state index contributed by atoms with van der Waals surface area (Å²) in [6, 6.07) is 18.2. The Labute approximate surface area is 162 Å². The summed E-state index contributed by atoms with van der Waals surface area (Å²) in [4.78, 5) is 24.2. The van der Waals surface area contributed by atoms with Crippen molar-refractivity contribution in [3.63, 3.8) is 0 Å². The number of hydrogen-bond donors (Lipinski definition) is 2. The van der Waals surface area contributed by atoms with Crippen LogP contribution >= 0.6 is 0 Å². The third kappa shape index (κ3) is 3.94. The maximum Gasteiger partial charge on any atom is 0.407 e. The summed E-state index contributed by atoms with van der Waals surface area (Å²) >= 11 is 0. The van der Waals surface area contributed by atoms with Gasteiger partial charge in [-0.3, -0.25) is 9.69 Å². The summed E-state index contributed by atoms with van der Waals surface area (Å²) in [5.41, 5.74) is 3.16. The molecule has 0 radical (unpaired) electrons. The fraction of sp³-hybridized carbons (Fsp3) is 0.238. The van der Waals surface area contributed by atoms with E-state index in [0.717, 1.165) is 21.6 Å². The largest absolute Gasteiger partial charge is 0.465 e. The lowest BCUT2D eigenvalue weighted by Crippen LogP contribution is -2.58. The number of benzene rings is 2. The van der Waals surface area contributed by atoms with Crippen molar-refractivity contribution in [3.8, 4) is 23.3 Å². The van der Waals surface area contributed by atoms with Crippen molar-refractivity contribution in [1.82, 2.24) is 10.2 Å². The Morgan fingerprint density at radius 2 is 1.93 bits per heavy atom. The molecule has 0 aromatic heterocycles. The third-order valence-corrected chi connectivity index (χ3v) is 4.84. The van der Waals surface area contributed by atoms with Gasteiger partial charge in [0.05, 0.1) is 23.6 Å². The molecule has 1 aliphatic heterocycles. The molecule has 0 bridgehead atoms. The minimum Gasteiger partial charge on any atom is -0.465 e. The van der Waals surface area contributed by atoms with Crippen LogP contribution in [0.2, 0.25) is 0 Å². The van der Waals surface area contributed by atoms with Gasteiger partial charge in [0.25, 0.3) is 0 Å². The second-order valence-corrected chi connectivity index (χ2v) is 6.52. The molecule has 1 aliphatic rings. The maximum absolute atomic E-state index is 12.1. The van der Waals surface area contributed by atoms with E-state index in [4.69, 9.17) is 10.4 Å². The van der Waals surface area contributed by atoms with E-state index in [2.05, 4.69) is 17.5 Å². The zero-order valence-electron chi connectivity index (χ0n) is 15.0. The van der Waals surface area contributed by atoms with Crippen molar-refractivity contribution < 1.29 is 14.7 Å². The first-order valence-corrected chi connectivity index (χ1v) is 8.81. The number of nitrogens with one attached hydrogen (secondary N) is 1. The van der Waals surface area contributed by atoms with E-state index in [0.29, 0.717) is 18.5 Å². The fourth-order valence-corrected chi connectivity index (χ4v) is 3.12. The maximum atomic E-state index is 12.1. The van der Waals surface area contributed by atoms with Crippen LogP contribution in [0.1, 0.15) is 23.5 Å². The molecule has 2 amide bonds. The molecule has 3 rings (SSSR count). The van der Waals surface area contributed by atoms with E-state index in [1.807, 2.05) is 36.4 Å². The Bertz CT molecular complexity index is 972. The summed E-state index contributed by atoms with van der Waals surface area (Å²) in [5.74, 6) is -0.916. The molecule has 0 spiro atoms. The van der Waals surface area contributed by atoms with Crippen LogP contribution in [-0.4, -0.2) is 41.1 Å². The third-order valence-electron chi connectivity index (χ3n) is 4.84. The van der Waals surface area contributed by atoms with Crippen LogP contribution in [-0.2, 0) is 4.79 Å². The molecule has 140 valence electrons. The average molecular weight is 374 g/mol. The van der Waals surface area contributed by atoms with E-state index >= 15 is 0 Å². The number of nitriles is 2. The number of carbonyl (C=O) groups is 2. The van der Waals surface area contributed by atoms with Crippen molar-refractivity contribution in [2.24, 2.45) is 0 Å². The highest BCUT2D eigenvalue weighted by molar-refractivity contribution is 5.86. The molecule has 1 saturated heterocycles. The van der Waals surface area contributed by atoms with Crippen molar-refractivity contribution in [1.29, 1.82) is 10.5 Å². The Morgan fingerprint density at radius 1 is 1.18 bits per heavy atom. The van der Waals surface area contributed by atoms with Crippen molar-refractivity contribution in [2.75, 3.05) is 13.1 Å². The number of carbonyl (C=O) groups excluding carboxylic acids is 1. The Kier molecular flexibility index (Phi) is 5.57. The molecule has 0 saturated carbocycles. The summed E-state index contributed by atoms with van der Waals surface area (Å²) in [7, 11) is 0. The Hall–Kier alpha value is -3.84. The molecular weight excluding hydrogens is 356 g/mol. The standard InChI is InChI=1S/C21H18N4O3/c22-11-14-2-1-3-17(10-14)15-4-6-16(7-5-15)18(12-23)13-24-20(26)19-8-9-25(19)21(27)28/h1-7,10,18-19H,8-9,13H2,(H,24,26)(H,27,28)/t18-,19?/m0/s1. The number of nitrogens with zero attached hydrogens (tertiary/aromatic N) is 3. The molecule has 2 N–H and O–H groups in total. The van der Waals surface area contributed by atoms with Gasteiger partial charge in [0.2, 0.25) is 5.91 Å². The van der Waals surface area contributed by atoms with Gasteiger partial charge in [0, 0.05) is 13.1 Å². The van der Waals surface area contributed by atoms with Crippen LogP contribution in [0.15, 0.2) is 48.5 Å². The number of likely N-dealkylation sites (tertiary alicyclic amines) is 1. The van der Waals surface area contributed by atoms with Gasteiger partial charge in [-0.1, -0.05) is 36.4 Å².